The van der Waals surface area contributed by atoms with E-state index in [1.165, 1.54) is 37.4 Å². The van der Waals surface area contributed by atoms with Gasteiger partial charge in [-0.2, -0.15) is 0 Å². The molecule has 6 heteroatoms. The number of nitrogens with one attached hydrogen (secondary N) is 1. The van der Waals surface area contributed by atoms with Gasteiger partial charge >= 0.3 is 0 Å². The molecule has 0 radical (unpaired) electrons. The van der Waals surface area contributed by atoms with Gasteiger partial charge in [-0.1, -0.05) is 18.2 Å². The lowest BCUT2D eigenvalue weighted by molar-refractivity contribution is -0.123. The third-order valence-electron chi connectivity index (χ3n) is 3.32. The van der Waals surface area contributed by atoms with Crippen LogP contribution in [0.1, 0.15) is 23.7 Å². The summed E-state index contributed by atoms with van der Waals surface area (Å²) < 4.78 is 31.4. The van der Waals surface area contributed by atoms with Crippen LogP contribution >= 0.6 is 0 Å². The Morgan fingerprint density at radius 3 is 2.70 bits per heavy atom. The van der Waals surface area contributed by atoms with Crippen LogP contribution in [0.25, 0.3) is 0 Å². The number of methoxy groups -OCH3 is 1. The van der Waals surface area contributed by atoms with Crippen LogP contribution in [0, 0.1) is 11.6 Å². The second-order valence-corrected chi connectivity index (χ2v) is 5.02. The van der Waals surface area contributed by atoms with Gasteiger partial charge in [-0.3, -0.25) is 4.79 Å². The van der Waals surface area contributed by atoms with E-state index in [1.807, 2.05) is 0 Å². The maximum atomic E-state index is 13.5. The molecule has 0 aliphatic heterocycles. The Morgan fingerprint density at radius 2 is 2.04 bits per heavy atom. The largest absolute Gasteiger partial charge is 0.494 e. The van der Waals surface area contributed by atoms with Gasteiger partial charge in [-0.15, -0.1) is 0 Å². The molecule has 23 heavy (non-hydrogen) atoms. The summed E-state index contributed by atoms with van der Waals surface area (Å²) in [4.78, 5) is 11.8. The van der Waals surface area contributed by atoms with Gasteiger partial charge in [0.1, 0.15) is 5.82 Å². The van der Waals surface area contributed by atoms with Crippen LogP contribution in [0.4, 0.5) is 8.78 Å². The van der Waals surface area contributed by atoms with Crippen LogP contribution in [-0.4, -0.2) is 18.1 Å². The van der Waals surface area contributed by atoms with Crippen molar-refractivity contribution in [2.24, 2.45) is 0 Å². The average Bonchev–Trinajstić information content (AvgIpc) is 2.53. The van der Waals surface area contributed by atoms with Crippen molar-refractivity contribution < 1.29 is 23.4 Å². The van der Waals surface area contributed by atoms with Crippen molar-refractivity contribution in [3.8, 4) is 5.75 Å². The van der Waals surface area contributed by atoms with E-state index >= 15 is 0 Å². The molecule has 2 rings (SSSR count). The zero-order valence-electron chi connectivity index (χ0n) is 12.6. The normalized spacial score (nSPS) is 11.8. The summed E-state index contributed by atoms with van der Waals surface area (Å²) in [6.45, 7) is 0.121. The van der Waals surface area contributed by atoms with Gasteiger partial charge in [0.25, 0.3) is 0 Å². The SMILES string of the molecule is COc1ccc(CNC(=O)CC(O)c2cccc(F)c2)cc1F. The van der Waals surface area contributed by atoms with Gasteiger partial charge in [0, 0.05) is 6.54 Å². The van der Waals surface area contributed by atoms with Gasteiger partial charge in [0.05, 0.1) is 19.6 Å². The highest BCUT2D eigenvalue weighted by molar-refractivity contribution is 5.76. The van der Waals surface area contributed by atoms with Gasteiger partial charge in [-0.25, -0.2) is 8.78 Å². The first-order valence-electron chi connectivity index (χ1n) is 7.02. The Bertz CT molecular complexity index is 691. The van der Waals surface area contributed by atoms with Gasteiger partial charge in [-0.05, 0) is 35.4 Å². The number of rotatable bonds is 6. The Labute approximate surface area is 132 Å². The smallest absolute Gasteiger partial charge is 0.223 e. The molecule has 0 saturated heterocycles. The molecule has 4 nitrogen and oxygen atoms in total. The minimum absolute atomic E-state index is 0.121. The number of hydrogen-bond acceptors (Lipinski definition) is 3. The topological polar surface area (TPSA) is 58.6 Å². The third kappa shape index (κ3) is 4.75. The Kier molecular flexibility index (Phi) is 5.65. The molecular weight excluding hydrogens is 304 g/mol. The van der Waals surface area contributed by atoms with Gasteiger partial charge in [0.2, 0.25) is 5.91 Å². The summed E-state index contributed by atoms with van der Waals surface area (Å²) in [5, 5.41) is 12.5. The standard InChI is InChI=1S/C17H17F2NO3/c1-23-16-6-5-11(7-14(16)19)10-20-17(22)9-15(21)12-3-2-4-13(18)8-12/h2-8,15,21H,9-10H2,1H3,(H,20,22). The molecule has 0 aromatic heterocycles. The molecule has 122 valence electrons. The van der Waals surface area contributed by atoms with Crippen molar-refractivity contribution in [1.82, 2.24) is 5.32 Å². The third-order valence-corrected chi connectivity index (χ3v) is 3.32. The summed E-state index contributed by atoms with van der Waals surface area (Å²) in [5.74, 6) is -1.28. The Hall–Kier alpha value is -2.47. The molecule has 0 spiro atoms. The van der Waals surface area contributed by atoms with Crippen LogP contribution in [0.3, 0.4) is 0 Å². The lowest BCUT2D eigenvalue weighted by Gasteiger charge is -2.12. The number of amides is 1. The molecule has 1 atom stereocenters. The van der Waals surface area contributed by atoms with Crippen LogP contribution < -0.4 is 10.1 Å². The molecule has 0 bridgehead atoms. The monoisotopic (exact) mass is 321 g/mol. The van der Waals surface area contributed by atoms with E-state index in [9.17, 15) is 18.7 Å². The quantitative estimate of drug-likeness (QED) is 0.860. The van der Waals surface area contributed by atoms with Crippen molar-refractivity contribution in [3.05, 3.63) is 65.2 Å². The number of ether oxygens (including phenoxy) is 1. The number of benzene rings is 2. The fourth-order valence-corrected chi connectivity index (χ4v) is 2.10. The Balaban J connectivity index is 1.88. The van der Waals surface area contributed by atoms with Crippen LogP contribution in [0.5, 0.6) is 5.75 Å². The molecule has 2 aromatic rings. The first-order valence-corrected chi connectivity index (χ1v) is 7.02. The predicted molar refractivity (Wildman–Crippen MR) is 80.8 cm³/mol. The molecular formula is C17H17F2NO3. The van der Waals surface area contributed by atoms with E-state index in [0.29, 0.717) is 11.1 Å². The summed E-state index contributed by atoms with van der Waals surface area (Å²) in [5.41, 5.74) is 0.896. The molecule has 0 fully saturated rings. The van der Waals surface area contributed by atoms with E-state index in [-0.39, 0.29) is 18.7 Å². The number of halogens is 2. The Morgan fingerprint density at radius 1 is 1.26 bits per heavy atom. The first kappa shape index (κ1) is 16.9. The van der Waals surface area contributed by atoms with Crippen molar-refractivity contribution >= 4 is 5.91 Å². The molecule has 1 amide bonds. The van der Waals surface area contributed by atoms with Crippen LogP contribution in [0.2, 0.25) is 0 Å². The van der Waals surface area contributed by atoms with Crippen LogP contribution in [0.15, 0.2) is 42.5 Å². The summed E-state index contributed by atoms with van der Waals surface area (Å²) in [6, 6.07) is 9.81. The van der Waals surface area contributed by atoms with Crippen molar-refractivity contribution in [2.45, 2.75) is 19.1 Å². The number of carbonyl (C=O) groups is 1. The summed E-state index contributed by atoms with van der Waals surface area (Å²) in [6.07, 6.45) is -1.31. The minimum atomic E-state index is -1.10. The predicted octanol–water partition coefficient (Wildman–Crippen LogP) is 2.71. The van der Waals surface area contributed by atoms with Crippen molar-refractivity contribution in [2.75, 3.05) is 7.11 Å². The molecule has 0 heterocycles. The number of carbonyl (C=O) groups excluding carboxylic acids is 1. The fraction of sp³-hybridized carbons (Fsp3) is 0.235. The lowest BCUT2D eigenvalue weighted by atomic mass is 10.1. The molecule has 1 unspecified atom stereocenters. The zero-order chi connectivity index (χ0) is 16.8. The van der Waals surface area contributed by atoms with E-state index in [4.69, 9.17) is 4.74 Å². The van der Waals surface area contributed by atoms with E-state index in [0.717, 1.165) is 0 Å². The molecule has 2 aromatic carbocycles. The van der Waals surface area contributed by atoms with Crippen molar-refractivity contribution in [1.29, 1.82) is 0 Å². The maximum absolute atomic E-state index is 13.5. The minimum Gasteiger partial charge on any atom is -0.494 e. The molecule has 0 saturated carbocycles. The average molecular weight is 321 g/mol. The highest BCUT2D eigenvalue weighted by Crippen LogP contribution is 2.19. The second-order valence-electron chi connectivity index (χ2n) is 5.02. The first-order chi connectivity index (χ1) is 11.0. The van der Waals surface area contributed by atoms with E-state index in [1.54, 1.807) is 12.1 Å². The van der Waals surface area contributed by atoms with Crippen molar-refractivity contribution in [3.63, 3.8) is 0 Å². The highest BCUT2D eigenvalue weighted by atomic mass is 19.1. The number of hydrogen-bond donors (Lipinski definition) is 2. The summed E-state index contributed by atoms with van der Waals surface area (Å²) >= 11 is 0. The fourth-order valence-electron chi connectivity index (χ4n) is 2.10. The zero-order valence-corrected chi connectivity index (χ0v) is 12.6. The van der Waals surface area contributed by atoms with E-state index in [2.05, 4.69) is 5.32 Å². The molecule has 0 aliphatic carbocycles. The van der Waals surface area contributed by atoms with E-state index < -0.39 is 23.6 Å². The van der Waals surface area contributed by atoms with Crippen LogP contribution in [-0.2, 0) is 11.3 Å². The molecule has 2 N–H and O–H groups in total. The van der Waals surface area contributed by atoms with Gasteiger partial charge < -0.3 is 15.2 Å². The molecule has 0 aliphatic rings. The second kappa shape index (κ2) is 7.69. The number of aliphatic hydroxyl groups excluding tert-OH is 1. The van der Waals surface area contributed by atoms with Gasteiger partial charge in [0.15, 0.2) is 11.6 Å². The number of aliphatic hydroxyl groups is 1. The lowest BCUT2D eigenvalue weighted by Crippen LogP contribution is -2.24. The summed E-state index contributed by atoms with van der Waals surface area (Å²) in [7, 11) is 1.37. The maximum Gasteiger partial charge on any atom is 0.223 e. The highest BCUT2D eigenvalue weighted by Gasteiger charge is 2.13.